The molecule has 3 rings (SSSR count). The van der Waals surface area contributed by atoms with Gasteiger partial charge in [0.2, 0.25) is 0 Å². The van der Waals surface area contributed by atoms with E-state index in [1.807, 2.05) is 37.3 Å². The molecule has 1 fully saturated rings. The number of amides is 1. The van der Waals surface area contributed by atoms with Gasteiger partial charge in [-0.1, -0.05) is 63.2 Å². The number of carbonyl (C=O) groups is 2. The lowest BCUT2D eigenvalue weighted by Gasteiger charge is -2.28. The lowest BCUT2D eigenvalue weighted by molar-refractivity contribution is -0.140. The first-order valence-electron chi connectivity index (χ1n) is 11.3. The number of benzene rings is 2. The summed E-state index contributed by atoms with van der Waals surface area (Å²) in [6.07, 6.45) is 0.876. The van der Waals surface area contributed by atoms with Gasteiger partial charge in [-0.2, -0.15) is 0 Å². The van der Waals surface area contributed by atoms with Gasteiger partial charge in [-0.25, -0.2) is 0 Å². The number of aliphatic hydroxyl groups is 1. The van der Waals surface area contributed by atoms with E-state index in [0.29, 0.717) is 31.0 Å². The van der Waals surface area contributed by atoms with Crippen molar-refractivity contribution in [1.29, 1.82) is 0 Å². The monoisotopic (exact) mass is 436 g/mol. The maximum absolute atomic E-state index is 13.1. The van der Waals surface area contributed by atoms with Crippen LogP contribution < -0.4 is 4.74 Å². The number of likely N-dealkylation sites (N-methyl/N-ethyl adjacent to an activating group) is 1. The third-order valence-corrected chi connectivity index (χ3v) is 5.79. The SMILES string of the molecule is CCCOc1cccc([C@@H]2C(=C(O)c3ccccc3)C(=O)C(=O)N2CCN(CC)CC)c1. The first kappa shape index (κ1) is 23.5. The number of hydrogen-bond acceptors (Lipinski definition) is 5. The minimum Gasteiger partial charge on any atom is -0.507 e. The van der Waals surface area contributed by atoms with Crippen LogP contribution in [0, 0.1) is 0 Å². The summed E-state index contributed by atoms with van der Waals surface area (Å²) >= 11 is 0. The van der Waals surface area contributed by atoms with Crippen molar-refractivity contribution in [1.82, 2.24) is 9.80 Å². The maximum Gasteiger partial charge on any atom is 0.295 e. The summed E-state index contributed by atoms with van der Waals surface area (Å²) in [5.74, 6) is -0.715. The highest BCUT2D eigenvalue weighted by molar-refractivity contribution is 6.46. The summed E-state index contributed by atoms with van der Waals surface area (Å²) in [4.78, 5) is 29.9. The van der Waals surface area contributed by atoms with Gasteiger partial charge in [0.15, 0.2) is 0 Å². The third-order valence-electron chi connectivity index (χ3n) is 5.79. The maximum atomic E-state index is 13.1. The number of ether oxygens (including phenoxy) is 1. The molecule has 1 atom stereocenters. The molecule has 0 spiro atoms. The molecular weight excluding hydrogens is 404 g/mol. The highest BCUT2D eigenvalue weighted by atomic mass is 16.5. The molecule has 0 radical (unpaired) electrons. The minimum absolute atomic E-state index is 0.119. The fraction of sp³-hybridized carbons (Fsp3) is 0.385. The number of nitrogens with zero attached hydrogens (tertiary/aromatic N) is 2. The van der Waals surface area contributed by atoms with Gasteiger partial charge in [-0.3, -0.25) is 9.59 Å². The highest BCUT2D eigenvalue weighted by Gasteiger charge is 2.46. The van der Waals surface area contributed by atoms with E-state index in [-0.39, 0.29) is 11.3 Å². The van der Waals surface area contributed by atoms with E-state index < -0.39 is 17.7 Å². The highest BCUT2D eigenvalue weighted by Crippen LogP contribution is 2.40. The molecule has 170 valence electrons. The molecular formula is C26H32N2O4. The smallest absolute Gasteiger partial charge is 0.295 e. The van der Waals surface area contributed by atoms with Crippen LogP contribution in [0.3, 0.4) is 0 Å². The normalized spacial score (nSPS) is 17.9. The zero-order chi connectivity index (χ0) is 23.1. The largest absolute Gasteiger partial charge is 0.507 e. The zero-order valence-corrected chi connectivity index (χ0v) is 19.1. The molecule has 1 aliphatic rings. The van der Waals surface area contributed by atoms with Crippen LogP contribution >= 0.6 is 0 Å². The number of Topliss-reactive ketones (excluding diaryl/α,β-unsaturated/α-hetero) is 1. The molecule has 2 aromatic carbocycles. The van der Waals surface area contributed by atoms with Crippen LogP contribution in [-0.4, -0.2) is 59.4 Å². The third kappa shape index (κ3) is 5.02. The lowest BCUT2D eigenvalue weighted by atomic mass is 9.95. The van der Waals surface area contributed by atoms with Crippen molar-refractivity contribution in [3.8, 4) is 5.75 Å². The second-order valence-electron chi connectivity index (χ2n) is 7.81. The number of aliphatic hydroxyl groups excluding tert-OH is 1. The number of rotatable bonds is 10. The van der Waals surface area contributed by atoms with Gasteiger partial charge in [0.05, 0.1) is 18.2 Å². The quantitative estimate of drug-likeness (QED) is 0.343. The number of likely N-dealkylation sites (tertiary alicyclic amines) is 1. The van der Waals surface area contributed by atoms with Gasteiger partial charge in [-0.05, 0) is 37.2 Å². The summed E-state index contributed by atoms with van der Waals surface area (Å²) < 4.78 is 5.78. The Bertz CT molecular complexity index is 967. The molecule has 0 aliphatic carbocycles. The van der Waals surface area contributed by atoms with Crippen LogP contribution in [0.5, 0.6) is 5.75 Å². The molecule has 0 saturated carbocycles. The topological polar surface area (TPSA) is 70.1 Å². The Morgan fingerprint density at radius 3 is 2.41 bits per heavy atom. The van der Waals surface area contributed by atoms with Crippen molar-refractivity contribution in [2.75, 3.05) is 32.8 Å². The van der Waals surface area contributed by atoms with E-state index >= 15 is 0 Å². The van der Waals surface area contributed by atoms with Crippen molar-refractivity contribution in [3.63, 3.8) is 0 Å². The Kier molecular flexibility index (Phi) is 8.06. The Balaban J connectivity index is 2.07. The zero-order valence-electron chi connectivity index (χ0n) is 19.1. The fourth-order valence-electron chi connectivity index (χ4n) is 3.99. The van der Waals surface area contributed by atoms with E-state index in [4.69, 9.17) is 4.74 Å². The Labute approximate surface area is 190 Å². The predicted molar refractivity (Wildman–Crippen MR) is 125 cm³/mol. The summed E-state index contributed by atoms with van der Waals surface area (Å²) in [5.41, 5.74) is 1.38. The molecule has 0 aromatic heterocycles. The van der Waals surface area contributed by atoms with E-state index in [1.54, 1.807) is 29.2 Å². The second kappa shape index (κ2) is 11.0. The van der Waals surface area contributed by atoms with Crippen molar-refractivity contribution in [3.05, 3.63) is 71.3 Å². The van der Waals surface area contributed by atoms with E-state index in [1.165, 1.54) is 0 Å². The van der Waals surface area contributed by atoms with Crippen molar-refractivity contribution in [2.24, 2.45) is 0 Å². The van der Waals surface area contributed by atoms with Crippen LogP contribution in [0.2, 0.25) is 0 Å². The molecule has 6 heteroatoms. The van der Waals surface area contributed by atoms with Crippen molar-refractivity contribution >= 4 is 17.4 Å². The first-order chi connectivity index (χ1) is 15.5. The van der Waals surface area contributed by atoms with Crippen LogP contribution in [-0.2, 0) is 9.59 Å². The van der Waals surface area contributed by atoms with Crippen LogP contribution in [0.15, 0.2) is 60.2 Å². The predicted octanol–water partition coefficient (Wildman–Crippen LogP) is 4.24. The Hall–Kier alpha value is -3.12. The Morgan fingerprint density at radius 1 is 1.03 bits per heavy atom. The molecule has 0 bridgehead atoms. The molecule has 32 heavy (non-hydrogen) atoms. The molecule has 0 unspecified atom stereocenters. The summed E-state index contributed by atoms with van der Waals surface area (Å²) in [7, 11) is 0. The van der Waals surface area contributed by atoms with E-state index in [2.05, 4.69) is 18.7 Å². The van der Waals surface area contributed by atoms with Crippen LogP contribution in [0.25, 0.3) is 5.76 Å². The molecule has 1 heterocycles. The molecule has 1 N–H and O–H groups in total. The lowest BCUT2D eigenvalue weighted by Crippen LogP contribution is -2.38. The van der Waals surface area contributed by atoms with Gasteiger partial charge in [0.25, 0.3) is 11.7 Å². The van der Waals surface area contributed by atoms with Gasteiger partial charge >= 0.3 is 0 Å². The van der Waals surface area contributed by atoms with Crippen LogP contribution in [0.4, 0.5) is 0 Å². The average Bonchev–Trinajstić information content (AvgIpc) is 3.08. The van der Waals surface area contributed by atoms with Gasteiger partial charge < -0.3 is 19.6 Å². The second-order valence-corrected chi connectivity index (χ2v) is 7.81. The molecule has 1 saturated heterocycles. The molecule has 1 aliphatic heterocycles. The number of hydrogen-bond donors (Lipinski definition) is 1. The van der Waals surface area contributed by atoms with E-state index in [9.17, 15) is 14.7 Å². The molecule has 6 nitrogen and oxygen atoms in total. The van der Waals surface area contributed by atoms with Gasteiger partial charge in [0.1, 0.15) is 11.5 Å². The average molecular weight is 437 g/mol. The summed E-state index contributed by atoms with van der Waals surface area (Å²) in [6, 6.07) is 15.7. The number of ketones is 1. The van der Waals surface area contributed by atoms with Gasteiger partial charge in [0, 0.05) is 18.7 Å². The fourth-order valence-corrected chi connectivity index (χ4v) is 3.99. The number of carbonyl (C=O) groups excluding carboxylic acids is 2. The standard InChI is InChI=1S/C26H32N2O4/c1-4-17-32-21-14-10-13-20(18-21)23-22(24(29)19-11-8-7-9-12-19)25(30)26(31)28(23)16-15-27(5-2)6-3/h7-14,18,23,29H,4-6,15-17H2,1-3H3/t23-/m1/s1. The van der Waals surface area contributed by atoms with Crippen molar-refractivity contribution in [2.45, 2.75) is 33.2 Å². The summed E-state index contributed by atoms with van der Waals surface area (Å²) in [5, 5.41) is 11.1. The van der Waals surface area contributed by atoms with Crippen LogP contribution in [0.1, 0.15) is 44.4 Å². The molecule has 2 aromatic rings. The van der Waals surface area contributed by atoms with Gasteiger partial charge in [-0.15, -0.1) is 0 Å². The minimum atomic E-state index is -0.670. The first-order valence-corrected chi connectivity index (χ1v) is 11.3. The molecule has 1 amide bonds. The van der Waals surface area contributed by atoms with Crippen molar-refractivity contribution < 1.29 is 19.4 Å². The Morgan fingerprint density at radius 2 is 1.75 bits per heavy atom. The summed E-state index contributed by atoms with van der Waals surface area (Å²) in [6.45, 7) is 9.50. The van der Waals surface area contributed by atoms with E-state index in [0.717, 1.165) is 25.1 Å².